The molecule has 0 heterocycles. The van der Waals surface area contributed by atoms with E-state index in [2.05, 4.69) is 42.6 Å². The second-order valence-electron chi connectivity index (χ2n) is 5.50. The summed E-state index contributed by atoms with van der Waals surface area (Å²) in [6.07, 6.45) is 4.33. The number of hydrogen-bond acceptors (Lipinski definition) is 1. The van der Waals surface area contributed by atoms with Gasteiger partial charge in [0, 0.05) is 6.54 Å². The summed E-state index contributed by atoms with van der Waals surface area (Å²) in [4.78, 5) is 0. The number of hydrogen-bond donors (Lipinski definition) is 1. The summed E-state index contributed by atoms with van der Waals surface area (Å²) >= 11 is 0. The van der Waals surface area contributed by atoms with Gasteiger partial charge in [-0.1, -0.05) is 37.3 Å². The van der Waals surface area contributed by atoms with Crippen molar-refractivity contribution in [2.75, 3.05) is 13.1 Å². The Labute approximate surface area is 98.3 Å². The van der Waals surface area contributed by atoms with Crippen LogP contribution < -0.4 is 5.32 Å². The van der Waals surface area contributed by atoms with Crippen molar-refractivity contribution in [3.63, 3.8) is 0 Å². The molecule has 1 N–H and O–H groups in total. The van der Waals surface area contributed by atoms with E-state index in [1.54, 1.807) is 5.56 Å². The summed E-state index contributed by atoms with van der Waals surface area (Å²) < 4.78 is 0. The molecule has 2 fully saturated rings. The standard InChI is InChI=1S/C15H21N/c1-2-16-11-15(8-9-15)14-10-13(14)12-6-4-3-5-7-12/h3-7,13-14,16H,2,8-11H2,1H3. The van der Waals surface area contributed by atoms with E-state index in [-0.39, 0.29) is 0 Å². The minimum atomic E-state index is 0.677. The summed E-state index contributed by atoms with van der Waals surface area (Å²) in [6.45, 7) is 4.57. The van der Waals surface area contributed by atoms with E-state index in [1.165, 1.54) is 25.8 Å². The fourth-order valence-corrected chi connectivity index (χ4v) is 3.15. The van der Waals surface area contributed by atoms with Crippen LogP contribution in [0, 0.1) is 11.3 Å². The second-order valence-corrected chi connectivity index (χ2v) is 5.50. The van der Waals surface area contributed by atoms with Crippen LogP contribution in [0.1, 0.15) is 37.7 Å². The topological polar surface area (TPSA) is 12.0 Å². The lowest BCUT2D eigenvalue weighted by molar-refractivity contribution is 0.401. The smallest absolute Gasteiger partial charge is 0.00106 e. The van der Waals surface area contributed by atoms with Crippen molar-refractivity contribution >= 4 is 0 Å². The molecule has 1 nitrogen and oxygen atoms in total. The summed E-state index contributed by atoms with van der Waals surface area (Å²) in [5.41, 5.74) is 2.24. The Balaban J connectivity index is 1.64. The zero-order valence-electron chi connectivity index (χ0n) is 10.1. The van der Waals surface area contributed by atoms with E-state index in [0.717, 1.165) is 18.4 Å². The summed E-state index contributed by atoms with van der Waals surface area (Å²) in [7, 11) is 0. The zero-order chi connectivity index (χ0) is 11.0. The van der Waals surface area contributed by atoms with Crippen molar-refractivity contribution < 1.29 is 0 Å². The van der Waals surface area contributed by atoms with E-state index in [1.807, 2.05) is 0 Å². The van der Waals surface area contributed by atoms with Crippen molar-refractivity contribution in [2.45, 2.75) is 32.1 Å². The quantitative estimate of drug-likeness (QED) is 0.795. The van der Waals surface area contributed by atoms with E-state index < -0.39 is 0 Å². The van der Waals surface area contributed by atoms with Gasteiger partial charge in [0.1, 0.15) is 0 Å². The van der Waals surface area contributed by atoms with Crippen LogP contribution in [0.25, 0.3) is 0 Å². The molecule has 1 heteroatoms. The molecule has 0 aliphatic heterocycles. The molecule has 2 saturated carbocycles. The van der Waals surface area contributed by atoms with Crippen molar-refractivity contribution in [1.82, 2.24) is 5.32 Å². The largest absolute Gasteiger partial charge is 0.316 e. The highest BCUT2D eigenvalue weighted by molar-refractivity contribution is 5.29. The maximum Gasteiger partial charge on any atom is 0.00106 e. The highest BCUT2D eigenvalue weighted by atomic mass is 14.9. The maximum absolute atomic E-state index is 3.54. The van der Waals surface area contributed by atoms with Gasteiger partial charge in [-0.15, -0.1) is 0 Å². The lowest BCUT2D eigenvalue weighted by atomic mass is 9.96. The molecule has 2 aliphatic carbocycles. The Morgan fingerprint density at radius 2 is 2.00 bits per heavy atom. The Morgan fingerprint density at radius 1 is 1.25 bits per heavy atom. The summed E-state index contributed by atoms with van der Waals surface area (Å²) in [5, 5.41) is 3.54. The minimum Gasteiger partial charge on any atom is -0.316 e. The monoisotopic (exact) mass is 215 g/mol. The van der Waals surface area contributed by atoms with E-state index in [9.17, 15) is 0 Å². The first-order chi connectivity index (χ1) is 7.86. The third-order valence-electron chi connectivity index (χ3n) is 4.42. The molecular formula is C15H21N. The Bertz CT molecular complexity index is 353. The van der Waals surface area contributed by atoms with Crippen molar-refractivity contribution in [1.29, 1.82) is 0 Å². The average Bonchev–Trinajstić information content (AvgIpc) is 3.20. The highest BCUT2D eigenvalue weighted by Crippen LogP contribution is 2.67. The van der Waals surface area contributed by atoms with Gasteiger partial charge in [-0.25, -0.2) is 0 Å². The van der Waals surface area contributed by atoms with Gasteiger partial charge in [-0.05, 0) is 48.6 Å². The molecule has 3 rings (SSSR count). The van der Waals surface area contributed by atoms with Gasteiger partial charge >= 0.3 is 0 Å². The molecule has 2 aliphatic rings. The molecule has 0 amide bonds. The third kappa shape index (κ3) is 1.78. The molecule has 2 unspecified atom stereocenters. The Hall–Kier alpha value is -0.820. The van der Waals surface area contributed by atoms with Gasteiger partial charge in [0.15, 0.2) is 0 Å². The fourth-order valence-electron chi connectivity index (χ4n) is 3.15. The molecule has 16 heavy (non-hydrogen) atoms. The predicted molar refractivity (Wildman–Crippen MR) is 67.5 cm³/mol. The molecule has 2 atom stereocenters. The van der Waals surface area contributed by atoms with Crippen molar-refractivity contribution in [2.24, 2.45) is 11.3 Å². The van der Waals surface area contributed by atoms with Gasteiger partial charge in [-0.3, -0.25) is 0 Å². The number of nitrogens with one attached hydrogen (secondary N) is 1. The molecule has 1 aromatic rings. The Kier molecular flexibility index (Phi) is 2.51. The van der Waals surface area contributed by atoms with E-state index >= 15 is 0 Å². The molecule has 0 saturated heterocycles. The average molecular weight is 215 g/mol. The Morgan fingerprint density at radius 3 is 2.62 bits per heavy atom. The van der Waals surface area contributed by atoms with Crippen molar-refractivity contribution in [3.05, 3.63) is 35.9 Å². The second kappa shape index (κ2) is 3.89. The van der Waals surface area contributed by atoms with Crippen LogP contribution in [0.4, 0.5) is 0 Å². The molecule has 1 aromatic carbocycles. The van der Waals surface area contributed by atoms with Gasteiger partial charge < -0.3 is 5.32 Å². The van der Waals surface area contributed by atoms with Gasteiger partial charge in [0.2, 0.25) is 0 Å². The molecular weight excluding hydrogens is 194 g/mol. The number of benzene rings is 1. The maximum atomic E-state index is 3.54. The van der Waals surface area contributed by atoms with Gasteiger partial charge in [0.25, 0.3) is 0 Å². The third-order valence-corrected chi connectivity index (χ3v) is 4.42. The van der Waals surface area contributed by atoms with E-state index in [4.69, 9.17) is 0 Å². The predicted octanol–water partition coefficient (Wildman–Crippen LogP) is 3.18. The van der Waals surface area contributed by atoms with Crippen LogP contribution in [-0.2, 0) is 0 Å². The normalized spacial score (nSPS) is 30.1. The molecule has 0 spiro atoms. The first-order valence-corrected chi connectivity index (χ1v) is 6.61. The first kappa shape index (κ1) is 10.3. The van der Waals surface area contributed by atoms with Crippen LogP contribution in [0.5, 0.6) is 0 Å². The lowest BCUT2D eigenvalue weighted by Crippen LogP contribution is -2.25. The van der Waals surface area contributed by atoms with E-state index in [0.29, 0.717) is 5.41 Å². The fraction of sp³-hybridized carbons (Fsp3) is 0.600. The minimum absolute atomic E-state index is 0.677. The summed E-state index contributed by atoms with van der Waals surface area (Å²) in [6, 6.07) is 11.1. The SMILES string of the molecule is CCNCC1(C2CC2c2ccccc2)CC1. The first-order valence-electron chi connectivity index (χ1n) is 6.61. The van der Waals surface area contributed by atoms with Gasteiger partial charge in [-0.2, -0.15) is 0 Å². The van der Waals surface area contributed by atoms with Crippen LogP contribution in [0.3, 0.4) is 0 Å². The van der Waals surface area contributed by atoms with Gasteiger partial charge in [0.05, 0.1) is 0 Å². The van der Waals surface area contributed by atoms with Crippen LogP contribution in [-0.4, -0.2) is 13.1 Å². The zero-order valence-corrected chi connectivity index (χ0v) is 10.1. The van der Waals surface area contributed by atoms with Crippen LogP contribution in [0.15, 0.2) is 30.3 Å². The molecule has 0 aromatic heterocycles. The molecule has 0 radical (unpaired) electrons. The summed E-state index contributed by atoms with van der Waals surface area (Å²) in [5.74, 6) is 1.83. The highest BCUT2D eigenvalue weighted by Gasteiger charge is 2.58. The van der Waals surface area contributed by atoms with Crippen LogP contribution in [0.2, 0.25) is 0 Å². The van der Waals surface area contributed by atoms with Crippen LogP contribution >= 0.6 is 0 Å². The van der Waals surface area contributed by atoms with Crippen molar-refractivity contribution in [3.8, 4) is 0 Å². The number of rotatable bonds is 5. The molecule has 0 bridgehead atoms. The lowest BCUT2D eigenvalue weighted by Gasteiger charge is -2.15. The molecule has 86 valence electrons.